The lowest BCUT2D eigenvalue weighted by Crippen LogP contribution is -2.67. The summed E-state index contributed by atoms with van der Waals surface area (Å²) in [7, 11) is 0. The Morgan fingerprint density at radius 3 is 2.11 bits per heavy atom. The van der Waals surface area contributed by atoms with Crippen LogP contribution in [0.25, 0.3) is 0 Å². The zero-order valence-corrected chi connectivity index (χ0v) is 25.6. The zero-order chi connectivity index (χ0) is 27.9. The van der Waals surface area contributed by atoms with Crippen molar-refractivity contribution in [2.24, 2.45) is 56.7 Å². The van der Waals surface area contributed by atoms with Gasteiger partial charge in [-0.1, -0.05) is 46.8 Å². The lowest BCUT2D eigenvalue weighted by Gasteiger charge is -2.73. The average molecular weight is 527 g/mol. The van der Waals surface area contributed by atoms with Crippen molar-refractivity contribution in [1.29, 1.82) is 0 Å². The average Bonchev–Trinajstić information content (AvgIpc) is 3.20. The monoisotopic (exact) mass is 526 g/mol. The summed E-state index contributed by atoms with van der Waals surface area (Å²) in [5.41, 5.74) is 2.30. The van der Waals surface area contributed by atoms with Gasteiger partial charge >= 0.3 is 11.9 Å². The van der Waals surface area contributed by atoms with E-state index < -0.39 is 0 Å². The molecule has 0 heterocycles. The molecule has 0 spiro atoms. The molecule has 4 unspecified atom stereocenters. The topological polar surface area (TPSA) is 52.6 Å². The van der Waals surface area contributed by atoms with Crippen LogP contribution in [0, 0.1) is 56.7 Å². The van der Waals surface area contributed by atoms with Gasteiger partial charge in [0.15, 0.2) is 0 Å². The summed E-state index contributed by atoms with van der Waals surface area (Å²) >= 11 is 0. The van der Waals surface area contributed by atoms with Gasteiger partial charge in [-0.05, 0) is 117 Å². The van der Waals surface area contributed by atoms with Gasteiger partial charge in [0, 0.05) is 24.7 Å². The molecule has 5 aliphatic carbocycles. The first-order chi connectivity index (χ1) is 17.6. The van der Waals surface area contributed by atoms with E-state index in [0.29, 0.717) is 41.6 Å². The molecule has 4 heteroatoms. The highest BCUT2D eigenvalue weighted by Crippen LogP contribution is 2.77. The first-order valence-electron chi connectivity index (χ1n) is 15.6. The fourth-order valence-corrected chi connectivity index (χ4v) is 12.2. The molecule has 5 rings (SSSR count). The largest absolute Gasteiger partial charge is 0.465 e. The lowest BCUT2D eigenvalue weighted by molar-refractivity contribution is -0.252. The van der Waals surface area contributed by atoms with Crippen LogP contribution in [-0.4, -0.2) is 24.6 Å². The van der Waals surface area contributed by atoms with Crippen molar-refractivity contribution in [1.82, 2.24) is 0 Å². The second kappa shape index (κ2) is 9.10. The van der Waals surface area contributed by atoms with Crippen LogP contribution in [0.5, 0.6) is 0 Å². The maximum Gasteiger partial charge on any atom is 0.302 e. The number of hydrogen-bond donors (Lipinski definition) is 0. The standard InChI is InChI=1S/C34H54O4/c1-21(2)24-12-17-34(20-37-22(3)35)19-18-32(8)25(29(24)34)10-11-27-31(7)15-14-28(38-23(4)36)30(5,6)26(31)13-16-33(27,32)9/h24-29H,1,10-20H2,2-9H3/t24-,25?,26?,27?,28-,29?,31-,32+,33+,34+/m0/s1. The molecule has 214 valence electrons. The predicted octanol–water partition coefficient (Wildman–Crippen LogP) is 8.14. The van der Waals surface area contributed by atoms with Crippen LogP contribution in [0.2, 0.25) is 0 Å². The highest BCUT2D eigenvalue weighted by atomic mass is 16.5. The van der Waals surface area contributed by atoms with Gasteiger partial charge < -0.3 is 9.47 Å². The normalized spacial score (nSPS) is 49.1. The quantitative estimate of drug-likeness (QED) is 0.274. The molecule has 0 radical (unpaired) electrons. The Balaban J connectivity index is 1.49. The molecule has 0 aromatic carbocycles. The second-order valence-electron chi connectivity index (χ2n) is 15.8. The Morgan fingerprint density at radius 2 is 1.47 bits per heavy atom. The zero-order valence-electron chi connectivity index (χ0n) is 25.6. The fraction of sp³-hybridized carbons (Fsp3) is 0.882. The van der Waals surface area contributed by atoms with Gasteiger partial charge in [0.2, 0.25) is 0 Å². The van der Waals surface area contributed by atoms with Crippen LogP contribution in [0.3, 0.4) is 0 Å². The third-order valence-electron chi connectivity index (χ3n) is 14.0. The number of allylic oxidation sites excluding steroid dienone is 1. The van der Waals surface area contributed by atoms with Crippen LogP contribution >= 0.6 is 0 Å². The van der Waals surface area contributed by atoms with Gasteiger partial charge in [-0.2, -0.15) is 0 Å². The first kappa shape index (κ1) is 28.2. The predicted molar refractivity (Wildman–Crippen MR) is 151 cm³/mol. The number of hydrogen-bond acceptors (Lipinski definition) is 4. The maximum atomic E-state index is 11.9. The third kappa shape index (κ3) is 3.80. The molecule has 0 aliphatic heterocycles. The van der Waals surface area contributed by atoms with Gasteiger partial charge in [0.05, 0.1) is 6.61 Å². The third-order valence-corrected chi connectivity index (χ3v) is 14.0. The Kier molecular flexibility index (Phi) is 6.76. The van der Waals surface area contributed by atoms with Crippen molar-refractivity contribution in [3.63, 3.8) is 0 Å². The SMILES string of the molecule is C=C(C)[C@@H]1CC[C@]2(COC(C)=O)CC[C@]3(C)C(CCC4[C@@]5(C)CC[C@H](OC(C)=O)C(C)(C)C5CC[C@]43C)C12. The molecule has 38 heavy (non-hydrogen) atoms. The van der Waals surface area contributed by atoms with Crippen molar-refractivity contribution in [3.8, 4) is 0 Å². The summed E-state index contributed by atoms with van der Waals surface area (Å²) in [6, 6.07) is 0. The van der Waals surface area contributed by atoms with Crippen LogP contribution in [0.4, 0.5) is 0 Å². The molecule has 5 fully saturated rings. The van der Waals surface area contributed by atoms with Crippen LogP contribution < -0.4 is 0 Å². The molecular weight excluding hydrogens is 472 g/mol. The van der Waals surface area contributed by atoms with Crippen LogP contribution in [-0.2, 0) is 19.1 Å². The molecule has 4 nitrogen and oxygen atoms in total. The summed E-state index contributed by atoms with van der Waals surface area (Å²) < 4.78 is 11.7. The Morgan fingerprint density at radius 1 is 0.763 bits per heavy atom. The van der Waals surface area contributed by atoms with Crippen molar-refractivity contribution in [3.05, 3.63) is 12.2 Å². The second-order valence-corrected chi connectivity index (χ2v) is 15.8. The fourth-order valence-electron chi connectivity index (χ4n) is 12.2. The smallest absolute Gasteiger partial charge is 0.302 e. The number of carbonyl (C=O) groups excluding carboxylic acids is 2. The van der Waals surface area contributed by atoms with Crippen molar-refractivity contribution in [2.45, 2.75) is 126 Å². The Labute approximate surface area is 232 Å². The van der Waals surface area contributed by atoms with Gasteiger partial charge in [-0.15, -0.1) is 0 Å². The minimum absolute atomic E-state index is 0.00000109. The molecule has 10 atom stereocenters. The molecule has 0 N–H and O–H groups in total. The molecule has 0 amide bonds. The summed E-state index contributed by atoms with van der Waals surface area (Å²) in [5.74, 6) is 2.76. The number of fused-ring (bicyclic) bond motifs is 7. The summed E-state index contributed by atoms with van der Waals surface area (Å²) in [4.78, 5) is 23.8. The first-order valence-corrected chi connectivity index (χ1v) is 15.6. The van der Waals surface area contributed by atoms with E-state index in [-0.39, 0.29) is 39.7 Å². The summed E-state index contributed by atoms with van der Waals surface area (Å²) in [5, 5.41) is 0. The van der Waals surface area contributed by atoms with Crippen molar-refractivity contribution < 1.29 is 19.1 Å². The molecule has 0 saturated heterocycles. The minimum atomic E-state index is -0.140. The highest BCUT2D eigenvalue weighted by Gasteiger charge is 2.71. The molecule has 5 saturated carbocycles. The van der Waals surface area contributed by atoms with E-state index in [1.165, 1.54) is 56.9 Å². The van der Waals surface area contributed by atoms with E-state index in [9.17, 15) is 9.59 Å². The van der Waals surface area contributed by atoms with Gasteiger partial charge in [0.1, 0.15) is 6.10 Å². The number of esters is 2. The van der Waals surface area contributed by atoms with Crippen LogP contribution in [0.15, 0.2) is 12.2 Å². The summed E-state index contributed by atoms with van der Waals surface area (Å²) in [6.07, 6.45) is 12.0. The minimum Gasteiger partial charge on any atom is -0.465 e. The summed E-state index contributed by atoms with van der Waals surface area (Å²) in [6.45, 7) is 23.1. The van der Waals surface area contributed by atoms with E-state index in [1.54, 1.807) is 13.8 Å². The van der Waals surface area contributed by atoms with Gasteiger partial charge in [-0.3, -0.25) is 9.59 Å². The van der Waals surface area contributed by atoms with Crippen molar-refractivity contribution in [2.75, 3.05) is 6.61 Å². The van der Waals surface area contributed by atoms with Crippen LogP contribution in [0.1, 0.15) is 120 Å². The molecule has 0 bridgehead atoms. The van der Waals surface area contributed by atoms with Crippen molar-refractivity contribution >= 4 is 11.9 Å². The molecular formula is C34H54O4. The van der Waals surface area contributed by atoms with Gasteiger partial charge in [-0.25, -0.2) is 0 Å². The molecule has 5 aliphatic rings. The van der Waals surface area contributed by atoms with E-state index in [0.717, 1.165) is 12.8 Å². The molecule has 0 aromatic heterocycles. The maximum absolute atomic E-state index is 11.9. The van der Waals surface area contributed by atoms with E-state index in [4.69, 9.17) is 9.47 Å². The Hall–Kier alpha value is -1.32. The number of ether oxygens (including phenoxy) is 2. The van der Waals surface area contributed by atoms with E-state index in [1.807, 2.05) is 0 Å². The highest BCUT2D eigenvalue weighted by molar-refractivity contribution is 5.66. The lowest BCUT2D eigenvalue weighted by atomic mass is 9.32. The Bertz CT molecular complexity index is 998. The van der Waals surface area contributed by atoms with Gasteiger partial charge in [0.25, 0.3) is 0 Å². The molecule has 0 aromatic rings. The number of rotatable bonds is 4. The number of carbonyl (C=O) groups is 2. The van der Waals surface area contributed by atoms with E-state index >= 15 is 0 Å². The van der Waals surface area contributed by atoms with E-state index in [2.05, 4.69) is 48.1 Å².